The Bertz CT molecular complexity index is 778. The third-order valence-corrected chi connectivity index (χ3v) is 4.53. The molecular formula is C20H23ClN2O3. The summed E-state index contributed by atoms with van der Waals surface area (Å²) in [6.07, 6.45) is 0. The van der Waals surface area contributed by atoms with E-state index >= 15 is 0 Å². The Balaban J connectivity index is 1.83. The fourth-order valence-corrected chi connectivity index (χ4v) is 2.50. The Morgan fingerprint density at radius 3 is 2.15 bits per heavy atom. The van der Waals surface area contributed by atoms with Gasteiger partial charge in [-0.25, -0.2) is 0 Å². The highest BCUT2D eigenvalue weighted by Crippen LogP contribution is 2.25. The first-order valence-corrected chi connectivity index (χ1v) is 8.74. The summed E-state index contributed by atoms with van der Waals surface area (Å²) in [5.74, 6) is 0.105. The summed E-state index contributed by atoms with van der Waals surface area (Å²) >= 11 is 6.10. The molecule has 0 aliphatic carbocycles. The van der Waals surface area contributed by atoms with E-state index < -0.39 is 5.91 Å². The first-order valence-electron chi connectivity index (χ1n) is 8.36. The van der Waals surface area contributed by atoms with Crippen molar-refractivity contribution < 1.29 is 14.3 Å². The number of amides is 2. The SMILES string of the molecule is Cc1cc(OCC(=O)NNC(=O)c2ccc(C(C)C)cc2)cc(C)c1Cl. The van der Waals surface area contributed by atoms with Crippen LogP contribution in [-0.2, 0) is 4.79 Å². The third-order valence-electron chi connectivity index (χ3n) is 3.93. The average molecular weight is 375 g/mol. The molecule has 0 saturated carbocycles. The van der Waals surface area contributed by atoms with Crippen molar-refractivity contribution in [3.05, 3.63) is 63.7 Å². The van der Waals surface area contributed by atoms with Gasteiger partial charge in [-0.3, -0.25) is 20.4 Å². The van der Waals surface area contributed by atoms with Gasteiger partial charge in [-0.15, -0.1) is 0 Å². The number of nitrogens with one attached hydrogen (secondary N) is 2. The van der Waals surface area contributed by atoms with Crippen LogP contribution in [0.2, 0.25) is 5.02 Å². The normalized spacial score (nSPS) is 10.5. The van der Waals surface area contributed by atoms with Gasteiger partial charge in [0.05, 0.1) is 0 Å². The highest BCUT2D eigenvalue weighted by atomic mass is 35.5. The van der Waals surface area contributed by atoms with E-state index in [1.165, 1.54) is 0 Å². The molecule has 0 aromatic heterocycles. The number of carbonyl (C=O) groups is 2. The molecule has 2 N–H and O–H groups in total. The Morgan fingerprint density at radius 1 is 1.04 bits per heavy atom. The third kappa shape index (κ3) is 5.23. The summed E-state index contributed by atoms with van der Waals surface area (Å²) < 4.78 is 5.44. The molecule has 0 aliphatic heterocycles. The molecule has 0 radical (unpaired) electrons. The lowest BCUT2D eigenvalue weighted by molar-refractivity contribution is -0.123. The fraction of sp³-hybridized carbons (Fsp3) is 0.300. The molecule has 0 fully saturated rings. The van der Waals surface area contributed by atoms with Crippen LogP contribution in [0.4, 0.5) is 0 Å². The van der Waals surface area contributed by atoms with Crippen molar-refractivity contribution in [1.29, 1.82) is 0 Å². The highest BCUT2D eigenvalue weighted by Gasteiger charge is 2.10. The smallest absolute Gasteiger partial charge is 0.276 e. The first-order chi connectivity index (χ1) is 12.3. The molecule has 6 heteroatoms. The maximum atomic E-state index is 12.1. The first kappa shape index (κ1) is 19.8. The van der Waals surface area contributed by atoms with E-state index in [0.717, 1.165) is 16.7 Å². The molecule has 0 aliphatic rings. The van der Waals surface area contributed by atoms with Gasteiger partial charge in [0.15, 0.2) is 6.61 Å². The molecule has 0 saturated heterocycles. The van der Waals surface area contributed by atoms with Gasteiger partial charge >= 0.3 is 0 Å². The van der Waals surface area contributed by atoms with E-state index in [9.17, 15) is 9.59 Å². The van der Waals surface area contributed by atoms with E-state index in [4.69, 9.17) is 16.3 Å². The van der Waals surface area contributed by atoms with Crippen LogP contribution in [0, 0.1) is 13.8 Å². The Hall–Kier alpha value is -2.53. The second-order valence-electron chi connectivity index (χ2n) is 6.44. The number of benzene rings is 2. The molecule has 0 unspecified atom stereocenters. The number of carbonyl (C=O) groups excluding carboxylic acids is 2. The van der Waals surface area contributed by atoms with E-state index in [1.54, 1.807) is 24.3 Å². The molecule has 2 aromatic carbocycles. The maximum absolute atomic E-state index is 12.1. The van der Waals surface area contributed by atoms with E-state index in [-0.39, 0.29) is 12.5 Å². The van der Waals surface area contributed by atoms with Gasteiger partial charge in [0.2, 0.25) is 0 Å². The molecular weight excluding hydrogens is 352 g/mol. The molecule has 0 bridgehead atoms. The van der Waals surface area contributed by atoms with Crippen LogP contribution in [-0.4, -0.2) is 18.4 Å². The minimum Gasteiger partial charge on any atom is -0.484 e. The summed E-state index contributed by atoms with van der Waals surface area (Å²) in [5, 5.41) is 0.678. The molecule has 0 heterocycles. The lowest BCUT2D eigenvalue weighted by atomic mass is 10.0. The Labute approximate surface area is 158 Å². The quantitative estimate of drug-likeness (QED) is 0.779. The number of hydrazine groups is 1. The zero-order valence-corrected chi connectivity index (χ0v) is 16.1. The van der Waals surface area contributed by atoms with Gasteiger partial charge in [0.25, 0.3) is 11.8 Å². The highest BCUT2D eigenvalue weighted by molar-refractivity contribution is 6.32. The fourth-order valence-electron chi connectivity index (χ4n) is 2.39. The van der Waals surface area contributed by atoms with Gasteiger partial charge in [-0.1, -0.05) is 37.6 Å². The zero-order valence-electron chi connectivity index (χ0n) is 15.4. The van der Waals surface area contributed by atoms with Crippen molar-refractivity contribution in [1.82, 2.24) is 10.9 Å². The van der Waals surface area contributed by atoms with Crippen LogP contribution in [0.3, 0.4) is 0 Å². The monoisotopic (exact) mass is 374 g/mol. The number of ether oxygens (including phenoxy) is 1. The molecule has 0 spiro atoms. The van der Waals surface area contributed by atoms with E-state index in [2.05, 4.69) is 24.7 Å². The van der Waals surface area contributed by atoms with Crippen LogP contribution < -0.4 is 15.6 Å². The Morgan fingerprint density at radius 2 is 1.62 bits per heavy atom. The summed E-state index contributed by atoms with van der Waals surface area (Å²) in [7, 11) is 0. The predicted octanol–water partition coefficient (Wildman–Crippen LogP) is 3.92. The molecule has 2 amide bonds. The van der Waals surface area contributed by atoms with E-state index in [1.807, 2.05) is 26.0 Å². The largest absolute Gasteiger partial charge is 0.484 e. The zero-order chi connectivity index (χ0) is 19.3. The molecule has 0 atom stereocenters. The number of rotatable bonds is 5. The molecule has 2 aromatic rings. The van der Waals surface area contributed by atoms with Crippen molar-refractivity contribution >= 4 is 23.4 Å². The maximum Gasteiger partial charge on any atom is 0.276 e. The van der Waals surface area contributed by atoms with Crippen LogP contribution in [0.5, 0.6) is 5.75 Å². The number of halogens is 1. The minimum atomic E-state index is -0.456. The predicted molar refractivity (Wildman–Crippen MR) is 103 cm³/mol. The Kier molecular flexibility index (Phi) is 6.64. The van der Waals surface area contributed by atoms with Crippen LogP contribution in [0.25, 0.3) is 0 Å². The van der Waals surface area contributed by atoms with Crippen molar-refractivity contribution in [2.75, 3.05) is 6.61 Å². The molecule has 26 heavy (non-hydrogen) atoms. The van der Waals surface area contributed by atoms with Gasteiger partial charge < -0.3 is 4.74 Å². The molecule has 138 valence electrons. The van der Waals surface area contributed by atoms with Crippen molar-refractivity contribution in [3.8, 4) is 5.75 Å². The van der Waals surface area contributed by atoms with Crippen molar-refractivity contribution in [3.63, 3.8) is 0 Å². The van der Waals surface area contributed by atoms with Crippen LogP contribution in [0.1, 0.15) is 46.8 Å². The minimum absolute atomic E-state index is 0.215. The second kappa shape index (κ2) is 8.72. The van der Waals surface area contributed by atoms with Gasteiger partial charge in [0, 0.05) is 10.6 Å². The van der Waals surface area contributed by atoms with Crippen molar-refractivity contribution in [2.24, 2.45) is 0 Å². The summed E-state index contributed by atoms with van der Waals surface area (Å²) in [5.41, 5.74) is 8.08. The summed E-state index contributed by atoms with van der Waals surface area (Å²) in [6.45, 7) is 7.69. The molecule has 2 rings (SSSR count). The van der Waals surface area contributed by atoms with Gasteiger partial charge in [0.1, 0.15) is 5.75 Å². The van der Waals surface area contributed by atoms with Crippen LogP contribution >= 0.6 is 11.6 Å². The lowest BCUT2D eigenvalue weighted by Gasteiger charge is -2.11. The number of hydrogen-bond donors (Lipinski definition) is 2. The standard InChI is InChI=1S/C20H23ClN2O3/c1-12(2)15-5-7-16(8-6-15)20(25)23-22-18(24)11-26-17-9-13(3)19(21)14(4)10-17/h5-10,12H,11H2,1-4H3,(H,22,24)(H,23,25). The number of aryl methyl sites for hydroxylation is 2. The summed E-state index contributed by atoms with van der Waals surface area (Å²) in [6, 6.07) is 10.8. The van der Waals surface area contributed by atoms with E-state index in [0.29, 0.717) is 22.3 Å². The lowest BCUT2D eigenvalue weighted by Crippen LogP contribution is -2.43. The number of hydrogen-bond acceptors (Lipinski definition) is 3. The van der Waals surface area contributed by atoms with Crippen molar-refractivity contribution in [2.45, 2.75) is 33.6 Å². The van der Waals surface area contributed by atoms with Gasteiger partial charge in [-0.05, 0) is 60.7 Å². The van der Waals surface area contributed by atoms with Gasteiger partial charge in [-0.2, -0.15) is 0 Å². The molecule has 5 nitrogen and oxygen atoms in total. The second-order valence-corrected chi connectivity index (χ2v) is 6.82. The topological polar surface area (TPSA) is 67.4 Å². The average Bonchev–Trinajstić information content (AvgIpc) is 2.62. The summed E-state index contributed by atoms with van der Waals surface area (Å²) in [4.78, 5) is 23.9. The van der Waals surface area contributed by atoms with Crippen LogP contribution in [0.15, 0.2) is 36.4 Å².